The molecule has 0 bridgehead atoms. The van der Waals surface area contributed by atoms with Gasteiger partial charge in [-0.3, -0.25) is 0 Å². The topological polar surface area (TPSA) is 46.5 Å². The molecule has 1 aliphatic carbocycles. The van der Waals surface area contributed by atoms with Crippen molar-refractivity contribution in [2.75, 3.05) is 12.5 Å². The quantitative estimate of drug-likeness (QED) is 0.526. The Kier molecular flexibility index (Phi) is 6.30. The minimum Gasteiger partial charge on any atom is -0.450 e. The number of halogens is 1. The van der Waals surface area contributed by atoms with Gasteiger partial charge in [-0.2, -0.15) is 0 Å². The second kappa shape index (κ2) is 8.22. The molecule has 0 aliphatic heterocycles. The molecular weight excluding hydrogens is 300 g/mol. The lowest BCUT2D eigenvalue weighted by molar-refractivity contribution is -0.174. The van der Waals surface area contributed by atoms with E-state index < -0.39 is 11.6 Å². The zero-order valence-electron chi connectivity index (χ0n) is 12.6. The molecule has 0 saturated heterocycles. The van der Waals surface area contributed by atoms with Crippen molar-refractivity contribution in [3.8, 4) is 11.8 Å². The molecule has 0 radical (unpaired) electrons. The monoisotopic (exact) mass is 320 g/mol. The number of rotatable bonds is 4. The molecule has 0 heterocycles. The van der Waals surface area contributed by atoms with E-state index in [-0.39, 0.29) is 18.4 Å². The predicted octanol–water partition coefficient (Wildman–Crippen LogP) is 3.24. The third kappa shape index (κ3) is 3.82. The zero-order chi connectivity index (χ0) is 15.8. The number of hydrogen-bond acceptors (Lipinski definition) is 3. The molecule has 0 aromatic heterocycles. The van der Waals surface area contributed by atoms with Gasteiger partial charge in [-0.25, -0.2) is 4.79 Å². The Hall–Kier alpha value is -1.50. The largest absolute Gasteiger partial charge is 0.450 e. The lowest BCUT2D eigenvalue weighted by Gasteiger charge is -2.36. The predicted molar refractivity (Wildman–Crippen MR) is 86.4 cm³/mol. The zero-order valence-corrected chi connectivity index (χ0v) is 13.3. The van der Waals surface area contributed by atoms with Gasteiger partial charge in [0.15, 0.2) is 12.2 Å². The highest BCUT2D eigenvalue weighted by Gasteiger charge is 2.46. The van der Waals surface area contributed by atoms with Crippen molar-refractivity contribution in [3.63, 3.8) is 0 Å². The van der Waals surface area contributed by atoms with E-state index in [0.29, 0.717) is 5.56 Å². The number of ether oxygens (including phenoxy) is 1. The summed E-state index contributed by atoms with van der Waals surface area (Å²) in [5.74, 6) is 4.75. The van der Waals surface area contributed by atoms with Crippen LogP contribution in [-0.4, -0.2) is 23.6 Å². The van der Waals surface area contributed by atoms with E-state index in [0.717, 1.165) is 32.1 Å². The van der Waals surface area contributed by atoms with E-state index >= 15 is 0 Å². The Bertz CT molecular complexity index is 540. The van der Waals surface area contributed by atoms with Crippen molar-refractivity contribution >= 4 is 17.6 Å². The molecule has 1 aromatic rings. The van der Waals surface area contributed by atoms with Crippen LogP contribution in [0.5, 0.6) is 0 Å². The number of carbonyl (C=O) groups excluding carboxylic acids is 1. The van der Waals surface area contributed by atoms with Crippen LogP contribution in [0.2, 0.25) is 0 Å². The van der Waals surface area contributed by atoms with Crippen LogP contribution in [0.1, 0.15) is 37.7 Å². The summed E-state index contributed by atoms with van der Waals surface area (Å²) in [6.45, 7) is -0.0482. The molecule has 1 atom stereocenters. The third-order valence-corrected chi connectivity index (χ3v) is 4.32. The van der Waals surface area contributed by atoms with E-state index in [1.807, 2.05) is 18.2 Å². The van der Waals surface area contributed by atoms with Gasteiger partial charge < -0.3 is 9.84 Å². The number of carbonyl (C=O) groups is 1. The molecule has 118 valence electrons. The average molecular weight is 321 g/mol. The van der Waals surface area contributed by atoms with Gasteiger partial charge in [0.25, 0.3) is 0 Å². The highest BCUT2D eigenvalue weighted by atomic mass is 35.5. The van der Waals surface area contributed by atoms with Crippen molar-refractivity contribution < 1.29 is 14.6 Å². The van der Waals surface area contributed by atoms with Crippen LogP contribution in [0.15, 0.2) is 30.3 Å². The van der Waals surface area contributed by atoms with Gasteiger partial charge >= 0.3 is 5.97 Å². The molecule has 22 heavy (non-hydrogen) atoms. The maximum absolute atomic E-state index is 12.6. The minimum atomic E-state index is -1.59. The molecule has 1 fully saturated rings. The van der Waals surface area contributed by atoms with Crippen molar-refractivity contribution in [2.24, 2.45) is 5.92 Å². The summed E-state index contributed by atoms with van der Waals surface area (Å²) >= 11 is 5.46. The van der Waals surface area contributed by atoms with Gasteiger partial charge in [0.1, 0.15) is 0 Å². The van der Waals surface area contributed by atoms with E-state index in [2.05, 4.69) is 11.8 Å². The highest BCUT2D eigenvalue weighted by molar-refractivity contribution is 6.19. The SMILES string of the molecule is O=C(OCC#CCCl)C(O)(c1ccccc1)C1CCCCC1. The molecule has 0 amide bonds. The number of hydrogen-bond donors (Lipinski definition) is 1. The lowest BCUT2D eigenvalue weighted by atomic mass is 9.73. The first-order chi connectivity index (χ1) is 10.7. The Morgan fingerprint density at radius 2 is 1.91 bits per heavy atom. The number of alkyl halides is 1. The van der Waals surface area contributed by atoms with E-state index in [4.69, 9.17) is 16.3 Å². The van der Waals surface area contributed by atoms with Crippen LogP contribution in [0.4, 0.5) is 0 Å². The highest BCUT2D eigenvalue weighted by Crippen LogP contribution is 2.40. The van der Waals surface area contributed by atoms with Gasteiger partial charge in [0.05, 0.1) is 5.88 Å². The second-order valence-corrected chi connectivity index (χ2v) is 5.80. The molecule has 1 N–H and O–H groups in total. The minimum absolute atomic E-state index is 0.0482. The van der Waals surface area contributed by atoms with Gasteiger partial charge in [-0.15, -0.1) is 11.6 Å². The fourth-order valence-corrected chi connectivity index (χ4v) is 3.14. The Morgan fingerprint density at radius 3 is 2.55 bits per heavy atom. The molecule has 2 rings (SSSR count). The van der Waals surface area contributed by atoms with Crippen molar-refractivity contribution in [1.29, 1.82) is 0 Å². The maximum Gasteiger partial charge on any atom is 0.344 e. The number of esters is 1. The summed E-state index contributed by atoms with van der Waals surface area (Å²) in [5.41, 5.74) is -0.998. The summed E-state index contributed by atoms with van der Waals surface area (Å²) in [4.78, 5) is 12.6. The number of aliphatic hydroxyl groups is 1. The van der Waals surface area contributed by atoms with Gasteiger partial charge in [-0.05, 0) is 18.4 Å². The van der Waals surface area contributed by atoms with E-state index in [9.17, 15) is 9.90 Å². The van der Waals surface area contributed by atoms with Gasteiger partial charge in [0, 0.05) is 5.92 Å². The molecule has 1 saturated carbocycles. The Labute approximate surface area is 136 Å². The van der Waals surface area contributed by atoms with Crippen LogP contribution < -0.4 is 0 Å². The van der Waals surface area contributed by atoms with Crippen molar-refractivity contribution in [3.05, 3.63) is 35.9 Å². The lowest BCUT2D eigenvalue weighted by Crippen LogP contribution is -2.45. The average Bonchev–Trinajstić information content (AvgIpc) is 2.59. The maximum atomic E-state index is 12.6. The first-order valence-corrected chi connectivity index (χ1v) is 8.20. The molecular formula is C18H21ClO3. The van der Waals surface area contributed by atoms with Crippen LogP contribution in [-0.2, 0) is 15.1 Å². The summed E-state index contributed by atoms with van der Waals surface area (Å²) in [5, 5.41) is 11.2. The molecule has 1 unspecified atom stereocenters. The summed E-state index contributed by atoms with van der Waals surface area (Å²) in [6, 6.07) is 9.07. The van der Waals surface area contributed by atoms with Crippen LogP contribution in [0.3, 0.4) is 0 Å². The van der Waals surface area contributed by atoms with Crippen LogP contribution in [0.25, 0.3) is 0 Å². The fraction of sp³-hybridized carbons (Fsp3) is 0.500. The molecule has 3 nitrogen and oxygen atoms in total. The Balaban J connectivity index is 2.22. The second-order valence-electron chi connectivity index (χ2n) is 5.53. The normalized spacial score (nSPS) is 17.9. The van der Waals surface area contributed by atoms with Crippen molar-refractivity contribution in [1.82, 2.24) is 0 Å². The Morgan fingerprint density at radius 1 is 1.23 bits per heavy atom. The number of benzene rings is 1. The summed E-state index contributed by atoms with van der Waals surface area (Å²) in [6.07, 6.45) is 4.86. The molecule has 1 aromatic carbocycles. The van der Waals surface area contributed by atoms with Crippen molar-refractivity contribution in [2.45, 2.75) is 37.7 Å². The smallest absolute Gasteiger partial charge is 0.344 e. The molecule has 4 heteroatoms. The first-order valence-electron chi connectivity index (χ1n) is 7.66. The van der Waals surface area contributed by atoms with Crippen LogP contribution >= 0.6 is 11.6 Å². The third-order valence-electron chi connectivity index (χ3n) is 4.19. The summed E-state index contributed by atoms with van der Waals surface area (Å²) < 4.78 is 5.20. The van der Waals surface area contributed by atoms with Crippen LogP contribution in [0, 0.1) is 17.8 Å². The summed E-state index contributed by atoms with van der Waals surface area (Å²) in [7, 11) is 0. The standard InChI is InChI=1S/C18H21ClO3/c19-13-7-8-14-22-17(20)18(21,15-9-3-1-4-10-15)16-11-5-2-6-12-16/h1,3-4,9-10,16,21H,2,5-6,11-14H2. The van der Waals surface area contributed by atoms with E-state index in [1.165, 1.54) is 0 Å². The van der Waals surface area contributed by atoms with Gasteiger partial charge in [0.2, 0.25) is 0 Å². The van der Waals surface area contributed by atoms with E-state index in [1.54, 1.807) is 12.1 Å². The first kappa shape index (κ1) is 16.9. The van der Waals surface area contributed by atoms with Gasteiger partial charge in [-0.1, -0.05) is 61.4 Å². The molecule has 0 spiro atoms. The molecule has 1 aliphatic rings. The fourth-order valence-electron chi connectivity index (χ4n) is 3.04.